The number of fused-ring (bicyclic) bond motifs is 1. The second kappa shape index (κ2) is 6.35. The van der Waals surface area contributed by atoms with E-state index < -0.39 is 0 Å². The first-order valence-corrected chi connectivity index (χ1v) is 8.50. The summed E-state index contributed by atoms with van der Waals surface area (Å²) in [5.74, 6) is 0.755. The van der Waals surface area contributed by atoms with E-state index >= 15 is 0 Å². The molecule has 1 saturated heterocycles. The van der Waals surface area contributed by atoms with E-state index in [1.807, 2.05) is 6.07 Å². The number of nitrogens with one attached hydrogen (secondary N) is 1. The Hall–Kier alpha value is -1.09. The molecule has 1 aromatic rings. The lowest BCUT2D eigenvalue weighted by Gasteiger charge is -2.41. The van der Waals surface area contributed by atoms with Gasteiger partial charge in [-0.05, 0) is 57.2 Å². The molecular weight excluding hydrogens is 263 g/mol. The Morgan fingerprint density at radius 3 is 2.90 bits per heavy atom. The van der Waals surface area contributed by atoms with Crippen LogP contribution < -0.4 is 10.2 Å². The van der Waals surface area contributed by atoms with Crippen molar-refractivity contribution in [3.8, 4) is 0 Å². The largest absolute Gasteiger partial charge is 0.368 e. The van der Waals surface area contributed by atoms with Gasteiger partial charge in [-0.2, -0.15) is 0 Å². The van der Waals surface area contributed by atoms with Gasteiger partial charge in [-0.15, -0.1) is 0 Å². The van der Waals surface area contributed by atoms with Crippen LogP contribution in [0.15, 0.2) is 18.2 Å². The number of rotatable bonds is 4. The Morgan fingerprint density at radius 2 is 2.10 bits per heavy atom. The van der Waals surface area contributed by atoms with Gasteiger partial charge in [-0.3, -0.25) is 0 Å². The maximum atomic E-state index is 14.5. The zero-order valence-corrected chi connectivity index (χ0v) is 13.2. The molecule has 3 rings (SSSR count). The Bertz CT molecular complexity index is 488. The monoisotopic (exact) mass is 290 g/mol. The maximum Gasteiger partial charge on any atom is 0.130 e. The fourth-order valence-corrected chi connectivity index (χ4v) is 4.37. The minimum atomic E-state index is -0.0685. The summed E-state index contributed by atoms with van der Waals surface area (Å²) in [5.41, 5.74) is 1.98. The van der Waals surface area contributed by atoms with Crippen molar-refractivity contribution in [1.82, 2.24) is 5.32 Å². The van der Waals surface area contributed by atoms with Crippen LogP contribution in [0.3, 0.4) is 0 Å². The highest BCUT2D eigenvalue weighted by molar-refractivity contribution is 5.57. The fraction of sp³-hybridized carbons (Fsp3) is 0.667. The van der Waals surface area contributed by atoms with Gasteiger partial charge in [-0.1, -0.05) is 19.4 Å². The van der Waals surface area contributed by atoms with Crippen LogP contribution in [-0.2, 0) is 0 Å². The molecule has 3 unspecified atom stereocenters. The van der Waals surface area contributed by atoms with E-state index in [-0.39, 0.29) is 11.9 Å². The third kappa shape index (κ3) is 2.80. The van der Waals surface area contributed by atoms with Crippen molar-refractivity contribution in [2.75, 3.05) is 18.0 Å². The second-order valence-electron chi connectivity index (χ2n) is 6.55. The van der Waals surface area contributed by atoms with Gasteiger partial charge in [0.2, 0.25) is 0 Å². The highest BCUT2D eigenvalue weighted by atomic mass is 19.1. The topological polar surface area (TPSA) is 15.3 Å². The molecule has 1 aliphatic carbocycles. The molecule has 0 radical (unpaired) electrons. The number of anilines is 1. The van der Waals surface area contributed by atoms with E-state index in [4.69, 9.17) is 0 Å². The molecular formula is C18H27FN2. The molecule has 2 fully saturated rings. The molecule has 0 spiro atoms. The summed E-state index contributed by atoms with van der Waals surface area (Å²) in [6.07, 6.45) is 6.56. The first-order valence-electron chi connectivity index (χ1n) is 8.50. The molecule has 2 aliphatic rings. The third-order valence-corrected chi connectivity index (χ3v) is 5.28. The number of piperidine rings is 1. The molecule has 1 saturated carbocycles. The van der Waals surface area contributed by atoms with Gasteiger partial charge in [0.1, 0.15) is 5.82 Å². The lowest BCUT2D eigenvalue weighted by atomic mass is 9.90. The van der Waals surface area contributed by atoms with Gasteiger partial charge in [0.05, 0.1) is 0 Å². The summed E-state index contributed by atoms with van der Waals surface area (Å²) >= 11 is 0. The highest BCUT2D eigenvalue weighted by Gasteiger charge is 2.36. The molecule has 0 amide bonds. The predicted octanol–water partition coefficient (Wildman–Crippen LogP) is 4.27. The Kier molecular flexibility index (Phi) is 4.48. The van der Waals surface area contributed by atoms with Crippen molar-refractivity contribution in [1.29, 1.82) is 0 Å². The lowest BCUT2D eigenvalue weighted by Crippen LogP contribution is -2.43. The number of benzene rings is 1. The van der Waals surface area contributed by atoms with E-state index in [2.05, 4.69) is 30.1 Å². The predicted molar refractivity (Wildman–Crippen MR) is 86.2 cm³/mol. The molecule has 0 aromatic heterocycles. The minimum Gasteiger partial charge on any atom is -0.368 e. The van der Waals surface area contributed by atoms with Gasteiger partial charge < -0.3 is 10.2 Å². The van der Waals surface area contributed by atoms with Gasteiger partial charge in [0, 0.05) is 29.9 Å². The fourth-order valence-electron chi connectivity index (χ4n) is 4.37. The van der Waals surface area contributed by atoms with Crippen LogP contribution >= 0.6 is 0 Å². The zero-order valence-electron chi connectivity index (χ0n) is 13.2. The Balaban J connectivity index is 1.95. The third-order valence-electron chi connectivity index (χ3n) is 5.28. The summed E-state index contributed by atoms with van der Waals surface area (Å²) in [6, 6.07) is 6.28. The van der Waals surface area contributed by atoms with E-state index in [1.54, 1.807) is 6.07 Å². The van der Waals surface area contributed by atoms with Crippen molar-refractivity contribution < 1.29 is 4.39 Å². The van der Waals surface area contributed by atoms with Crippen LogP contribution in [0, 0.1) is 11.7 Å². The van der Waals surface area contributed by atoms with Crippen molar-refractivity contribution in [3.63, 3.8) is 0 Å². The zero-order chi connectivity index (χ0) is 14.8. The van der Waals surface area contributed by atoms with E-state index in [0.29, 0.717) is 6.04 Å². The highest BCUT2D eigenvalue weighted by Crippen LogP contribution is 2.41. The summed E-state index contributed by atoms with van der Waals surface area (Å²) in [6.45, 7) is 6.09. The first kappa shape index (κ1) is 14.8. The first-order chi connectivity index (χ1) is 10.2. The number of hydrogen-bond acceptors (Lipinski definition) is 2. The normalized spacial score (nSPS) is 26.7. The van der Waals surface area contributed by atoms with Crippen LogP contribution in [0.2, 0.25) is 0 Å². The van der Waals surface area contributed by atoms with Gasteiger partial charge in [0.15, 0.2) is 0 Å². The lowest BCUT2D eigenvalue weighted by molar-refractivity contribution is 0.360. The SMILES string of the molecule is CCNC(C)c1c(F)cccc1N1CCCC2CCCC21. The maximum absolute atomic E-state index is 14.5. The van der Waals surface area contributed by atoms with E-state index in [0.717, 1.165) is 30.3 Å². The Labute approximate surface area is 127 Å². The summed E-state index contributed by atoms with van der Waals surface area (Å²) in [4.78, 5) is 2.51. The average Bonchev–Trinajstić information content (AvgIpc) is 2.95. The molecule has 2 nitrogen and oxygen atoms in total. The number of nitrogens with zero attached hydrogens (tertiary/aromatic N) is 1. The molecule has 3 heteroatoms. The van der Waals surface area contributed by atoms with Crippen molar-refractivity contribution in [3.05, 3.63) is 29.6 Å². The number of halogens is 1. The molecule has 21 heavy (non-hydrogen) atoms. The molecule has 116 valence electrons. The quantitative estimate of drug-likeness (QED) is 0.891. The molecule has 1 heterocycles. The molecule has 3 atom stereocenters. The second-order valence-corrected chi connectivity index (χ2v) is 6.55. The van der Waals surface area contributed by atoms with Crippen LogP contribution in [0.1, 0.15) is 57.6 Å². The van der Waals surface area contributed by atoms with E-state index in [9.17, 15) is 4.39 Å². The van der Waals surface area contributed by atoms with E-state index in [1.165, 1.54) is 32.1 Å². The van der Waals surface area contributed by atoms with Crippen LogP contribution in [0.4, 0.5) is 10.1 Å². The summed E-state index contributed by atoms with van der Waals surface area (Å²) < 4.78 is 14.5. The molecule has 1 N–H and O–H groups in total. The average molecular weight is 290 g/mol. The van der Waals surface area contributed by atoms with Crippen molar-refractivity contribution in [2.24, 2.45) is 5.92 Å². The van der Waals surface area contributed by atoms with Crippen LogP contribution in [0.25, 0.3) is 0 Å². The van der Waals surface area contributed by atoms with Gasteiger partial charge >= 0.3 is 0 Å². The molecule has 1 aliphatic heterocycles. The molecule has 1 aromatic carbocycles. The van der Waals surface area contributed by atoms with Gasteiger partial charge in [-0.25, -0.2) is 4.39 Å². The smallest absolute Gasteiger partial charge is 0.130 e. The van der Waals surface area contributed by atoms with Crippen molar-refractivity contribution in [2.45, 2.75) is 58.0 Å². The summed E-state index contributed by atoms with van der Waals surface area (Å²) in [5, 5.41) is 3.38. The van der Waals surface area contributed by atoms with Crippen LogP contribution in [0.5, 0.6) is 0 Å². The molecule has 0 bridgehead atoms. The Morgan fingerprint density at radius 1 is 1.29 bits per heavy atom. The van der Waals surface area contributed by atoms with Crippen LogP contribution in [-0.4, -0.2) is 19.1 Å². The standard InChI is InChI=1S/C18H27FN2/c1-3-20-13(2)18-15(19)9-5-11-17(18)21-12-6-8-14-7-4-10-16(14)21/h5,9,11,13-14,16,20H,3-4,6-8,10,12H2,1-2H3. The summed E-state index contributed by atoms with van der Waals surface area (Å²) in [7, 11) is 0. The minimum absolute atomic E-state index is 0.0629. The number of hydrogen-bond donors (Lipinski definition) is 1. The van der Waals surface area contributed by atoms with Gasteiger partial charge in [0.25, 0.3) is 0 Å². The van der Waals surface area contributed by atoms with Crippen molar-refractivity contribution >= 4 is 5.69 Å².